The van der Waals surface area contributed by atoms with E-state index in [1.165, 1.54) is 18.3 Å². The minimum Gasteiger partial charge on any atom is -0.322 e. The molecule has 2 heterocycles. The Morgan fingerprint density at radius 3 is 2.81 bits per heavy atom. The fourth-order valence-corrected chi connectivity index (χ4v) is 1.93. The number of anilines is 1. The van der Waals surface area contributed by atoms with Crippen molar-refractivity contribution in [3.8, 4) is 11.3 Å². The number of pyridine rings is 1. The van der Waals surface area contributed by atoms with Crippen LogP contribution in [0.15, 0.2) is 54.9 Å². The number of aromatic nitrogens is 3. The molecule has 5 nitrogen and oxygen atoms in total. The molecule has 0 saturated heterocycles. The van der Waals surface area contributed by atoms with E-state index >= 15 is 0 Å². The van der Waals surface area contributed by atoms with Crippen LogP contribution in [-0.4, -0.2) is 21.1 Å². The third-order valence-electron chi connectivity index (χ3n) is 2.94. The quantitative estimate of drug-likeness (QED) is 0.726. The highest BCUT2D eigenvalue weighted by molar-refractivity contribution is 6.04. The lowest BCUT2D eigenvalue weighted by molar-refractivity contribution is 0.102. The lowest BCUT2D eigenvalue weighted by Crippen LogP contribution is -2.14. The average molecular weight is 282 g/mol. The summed E-state index contributed by atoms with van der Waals surface area (Å²) < 4.78 is 13.5. The average Bonchev–Trinajstić information content (AvgIpc) is 3.02. The number of rotatable bonds is 3. The number of H-pyrrole nitrogens is 1. The summed E-state index contributed by atoms with van der Waals surface area (Å²) in [6.07, 6.45) is 2.94. The maximum absolute atomic E-state index is 13.5. The van der Waals surface area contributed by atoms with Gasteiger partial charge in [0, 0.05) is 23.6 Å². The fourth-order valence-electron chi connectivity index (χ4n) is 1.93. The molecule has 1 aromatic carbocycles. The fraction of sp³-hybridized carbons (Fsp3) is 0. The molecule has 0 fully saturated rings. The predicted octanol–water partition coefficient (Wildman–Crippen LogP) is 2.86. The maximum Gasteiger partial charge on any atom is 0.260 e. The van der Waals surface area contributed by atoms with Crippen molar-refractivity contribution < 1.29 is 9.18 Å². The number of halogens is 1. The topological polar surface area (TPSA) is 70.7 Å². The monoisotopic (exact) mass is 282 g/mol. The summed E-state index contributed by atoms with van der Waals surface area (Å²) in [6, 6.07) is 11.9. The van der Waals surface area contributed by atoms with Crippen molar-refractivity contribution in [2.75, 3.05) is 5.32 Å². The number of aromatic amines is 1. The van der Waals surface area contributed by atoms with Crippen LogP contribution in [-0.2, 0) is 0 Å². The molecular weight excluding hydrogens is 271 g/mol. The summed E-state index contributed by atoms with van der Waals surface area (Å²) in [5.41, 5.74) is 2.18. The molecule has 21 heavy (non-hydrogen) atoms. The minimum absolute atomic E-state index is 0.0931. The second-order valence-corrected chi connectivity index (χ2v) is 4.35. The summed E-state index contributed by atoms with van der Waals surface area (Å²) in [7, 11) is 0. The van der Waals surface area contributed by atoms with E-state index in [-0.39, 0.29) is 5.56 Å². The van der Waals surface area contributed by atoms with Crippen LogP contribution < -0.4 is 5.32 Å². The molecule has 0 saturated carbocycles. The Kier molecular flexibility index (Phi) is 3.42. The van der Waals surface area contributed by atoms with Gasteiger partial charge in [0.05, 0.1) is 11.3 Å². The van der Waals surface area contributed by atoms with E-state index in [0.717, 1.165) is 11.3 Å². The first-order chi connectivity index (χ1) is 10.2. The Labute approximate surface area is 119 Å². The van der Waals surface area contributed by atoms with Gasteiger partial charge in [0.2, 0.25) is 5.95 Å². The molecule has 0 aliphatic carbocycles. The Balaban J connectivity index is 1.84. The zero-order valence-electron chi connectivity index (χ0n) is 10.9. The van der Waals surface area contributed by atoms with E-state index in [9.17, 15) is 9.18 Å². The van der Waals surface area contributed by atoms with E-state index in [4.69, 9.17) is 0 Å². The smallest absolute Gasteiger partial charge is 0.260 e. The molecule has 6 heteroatoms. The van der Waals surface area contributed by atoms with Gasteiger partial charge >= 0.3 is 0 Å². The molecule has 0 unspecified atom stereocenters. The van der Waals surface area contributed by atoms with Crippen LogP contribution in [0.25, 0.3) is 11.3 Å². The highest BCUT2D eigenvalue weighted by Gasteiger charge is 2.12. The number of carbonyl (C=O) groups is 1. The highest BCUT2D eigenvalue weighted by atomic mass is 19.1. The van der Waals surface area contributed by atoms with Crippen LogP contribution in [0.1, 0.15) is 10.4 Å². The lowest BCUT2D eigenvalue weighted by Gasteiger charge is -2.07. The molecule has 0 spiro atoms. The predicted molar refractivity (Wildman–Crippen MR) is 76.2 cm³/mol. The summed E-state index contributed by atoms with van der Waals surface area (Å²) in [5, 5.41) is 9.37. The molecule has 2 aromatic heterocycles. The van der Waals surface area contributed by atoms with Crippen LogP contribution in [0.2, 0.25) is 0 Å². The third kappa shape index (κ3) is 2.79. The van der Waals surface area contributed by atoms with Gasteiger partial charge in [-0.25, -0.2) is 4.98 Å². The SMILES string of the molecule is O=C(Nc1cccc(-c2ccn[nH]2)c1)c1cccnc1F. The van der Waals surface area contributed by atoms with Gasteiger partial charge < -0.3 is 5.32 Å². The summed E-state index contributed by atoms with van der Waals surface area (Å²) in [6.45, 7) is 0. The molecule has 0 radical (unpaired) electrons. The first-order valence-corrected chi connectivity index (χ1v) is 6.26. The first-order valence-electron chi connectivity index (χ1n) is 6.26. The Morgan fingerprint density at radius 2 is 2.05 bits per heavy atom. The molecule has 0 aliphatic heterocycles. The van der Waals surface area contributed by atoms with Crippen molar-refractivity contribution in [3.63, 3.8) is 0 Å². The van der Waals surface area contributed by atoms with Crippen LogP contribution in [0.5, 0.6) is 0 Å². The molecule has 2 N–H and O–H groups in total. The number of amides is 1. The number of nitrogens with one attached hydrogen (secondary N) is 2. The number of hydrogen-bond donors (Lipinski definition) is 2. The number of carbonyl (C=O) groups excluding carboxylic acids is 1. The van der Waals surface area contributed by atoms with Gasteiger partial charge in [0.1, 0.15) is 0 Å². The van der Waals surface area contributed by atoms with Crippen molar-refractivity contribution in [3.05, 3.63) is 66.4 Å². The molecule has 0 atom stereocenters. The summed E-state index contributed by atoms with van der Waals surface area (Å²) in [4.78, 5) is 15.5. The molecule has 3 aromatic rings. The van der Waals surface area contributed by atoms with E-state index in [0.29, 0.717) is 5.69 Å². The third-order valence-corrected chi connectivity index (χ3v) is 2.94. The van der Waals surface area contributed by atoms with Crippen LogP contribution in [0.3, 0.4) is 0 Å². The number of nitrogens with zero attached hydrogens (tertiary/aromatic N) is 2. The van der Waals surface area contributed by atoms with Crippen molar-refractivity contribution in [2.24, 2.45) is 0 Å². The number of benzene rings is 1. The zero-order valence-corrected chi connectivity index (χ0v) is 10.9. The van der Waals surface area contributed by atoms with E-state index in [1.54, 1.807) is 24.4 Å². The van der Waals surface area contributed by atoms with Gasteiger partial charge in [-0.2, -0.15) is 9.49 Å². The van der Waals surface area contributed by atoms with Crippen molar-refractivity contribution in [1.29, 1.82) is 0 Å². The van der Waals surface area contributed by atoms with Gasteiger partial charge in [-0.05, 0) is 30.3 Å². The number of hydrogen-bond acceptors (Lipinski definition) is 3. The maximum atomic E-state index is 13.5. The summed E-state index contributed by atoms with van der Waals surface area (Å²) >= 11 is 0. The van der Waals surface area contributed by atoms with Crippen molar-refractivity contribution >= 4 is 11.6 Å². The zero-order chi connectivity index (χ0) is 14.7. The van der Waals surface area contributed by atoms with Crippen molar-refractivity contribution in [1.82, 2.24) is 15.2 Å². The Bertz CT molecular complexity index is 771. The van der Waals surface area contributed by atoms with Gasteiger partial charge in [0.15, 0.2) is 0 Å². The summed E-state index contributed by atoms with van der Waals surface area (Å²) in [5.74, 6) is -1.33. The van der Waals surface area contributed by atoms with Gasteiger partial charge in [-0.15, -0.1) is 0 Å². The second kappa shape index (κ2) is 5.54. The molecule has 3 rings (SSSR count). The van der Waals surface area contributed by atoms with Gasteiger partial charge in [-0.1, -0.05) is 12.1 Å². The standard InChI is InChI=1S/C15H11FN4O/c16-14-12(5-2-7-17-14)15(21)19-11-4-1-3-10(9-11)13-6-8-18-20-13/h1-9H,(H,18,20)(H,19,21). The van der Waals surface area contributed by atoms with Crippen LogP contribution in [0.4, 0.5) is 10.1 Å². The normalized spacial score (nSPS) is 10.3. The van der Waals surface area contributed by atoms with Gasteiger partial charge in [-0.3, -0.25) is 9.89 Å². The minimum atomic E-state index is -0.792. The van der Waals surface area contributed by atoms with E-state index in [2.05, 4.69) is 20.5 Å². The van der Waals surface area contributed by atoms with Crippen LogP contribution in [0, 0.1) is 5.95 Å². The highest BCUT2D eigenvalue weighted by Crippen LogP contribution is 2.20. The van der Waals surface area contributed by atoms with Crippen molar-refractivity contribution in [2.45, 2.75) is 0 Å². The van der Waals surface area contributed by atoms with E-state index < -0.39 is 11.9 Å². The molecule has 1 amide bonds. The molecule has 0 bridgehead atoms. The van der Waals surface area contributed by atoms with Crippen LogP contribution >= 0.6 is 0 Å². The van der Waals surface area contributed by atoms with E-state index in [1.807, 2.05) is 12.1 Å². The largest absolute Gasteiger partial charge is 0.322 e. The molecule has 0 aliphatic rings. The molecular formula is C15H11FN4O. The Hall–Kier alpha value is -3.02. The Morgan fingerprint density at radius 1 is 1.14 bits per heavy atom. The molecule has 104 valence electrons. The lowest BCUT2D eigenvalue weighted by atomic mass is 10.1. The first kappa shape index (κ1) is 13.0. The van der Waals surface area contributed by atoms with Gasteiger partial charge in [0.25, 0.3) is 5.91 Å². The second-order valence-electron chi connectivity index (χ2n) is 4.35.